The molecule has 0 radical (unpaired) electrons. The lowest BCUT2D eigenvalue weighted by atomic mass is 10.2. The molecule has 0 saturated carbocycles. The summed E-state index contributed by atoms with van der Waals surface area (Å²) in [5.74, 6) is 0.881. The van der Waals surface area contributed by atoms with E-state index in [0.29, 0.717) is 6.61 Å². The maximum atomic E-state index is 5.47. The van der Waals surface area contributed by atoms with E-state index in [-0.39, 0.29) is 0 Å². The van der Waals surface area contributed by atoms with Crippen LogP contribution < -0.4 is 4.74 Å². The first-order chi connectivity index (χ1) is 6.86. The molecule has 78 valence electrons. The minimum Gasteiger partial charge on any atom is -0.497 e. The van der Waals surface area contributed by atoms with Crippen LogP contribution in [0.25, 0.3) is 0 Å². The number of hydrogen-bond acceptors (Lipinski definition) is 2. The zero-order valence-electron chi connectivity index (χ0n) is 8.33. The van der Waals surface area contributed by atoms with Gasteiger partial charge in [-0.25, -0.2) is 0 Å². The molecule has 0 aliphatic heterocycles. The highest BCUT2D eigenvalue weighted by Crippen LogP contribution is 2.13. The molecule has 14 heavy (non-hydrogen) atoms. The van der Waals surface area contributed by atoms with Gasteiger partial charge >= 0.3 is 0 Å². The van der Waals surface area contributed by atoms with Crippen molar-refractivity contribution >= 4 is 15.9 Å². The summed E-state index contributed by atoms with van der Waals surface area (Å²) >= 11 is 3.36. The highest BCUT2D eigenvalue weighted by atomic mass is 79.9. The van der Waals surface area contributed by atoms with Crippen molar-refractivity contribution in [2.45, 2.75) is 13.0 Å². The fraction of sp³-hybridized carbons (Fsp3) is 0.455. The van der Waals surface area contributed by atoms with Crippen LogP contribution in [0.5, 0.6) is 5.75 Å². The van der Waals surface area contributed by atoms with Crippen LogP contribution >= 0.6 is 15.9 Å². The lowest BCUT2D eigenvalue weighted by Crippen LogP contribution is -1.96. The summed E-state index contributed by atoms with van der Waals surface area (Å²) in [6.45, 7) is 1.45. The van der Waals surface area contributed by atoms with Gasteiger partial charge in [0.05, 0.1) is 13.7 Å². The normalized spacial score (nSPS) is 10.1. The summed E-state index contributed by atoms with van der Waals surface area (Å²) in [6, 6.07) is 7.94. The molecule has 1 aromatic carbocycles. The molecular formula is C11H15BrO2. The number of benzene rings is 1. The minimum atomic E-state index is 0.657. The number of alkyl halides is 1. The van der Waals surface area contributed by atoms with Gasteiger partial charge in [-0.15, -0.1) is 0 Å². The van der Waals surface area contributed by atoms with Crippen molar-refractivity contribution in [3.63, 3.8) is 0 Å². The molecule has 0 N–H and O–H groups in total. The van der Waals surface area contributed by atoms with Crippen molar-refractivity contribution in [3.8, 4) is 5.75 Å². The van der Waals surface area contributed by atoms with Crippen molar-refractivity contribution < 1.29 is 9.47 Å². The van der Waals surface area contributed by atoms with Gasteiger partial charge in [-0.2, -0.15) is 0 Å². The molecule has 0 aliphatic carbocycles. The minimum absolute atomic E-state index is 0.657. The van der Waals surface area contributed by atoms with Crippen LogP contribution in [-0.4, -0.2) is 19.0 Å². The summed E-state index contributed by atoms with van der Waals surface area (Å²) in [4.78, 5) is 0. The number of methoxy groups -OCH3 is 1. The molecule has 2 nitrogen and oxygen atoms in total. The molecule has 0 amide bonds. The van der Waals surface area contributed by atoms with E-state index in [4.69, 9.17) is 9.47 Å². The third kappa shape index (κ3) is 4.11. The lowest BCUT2D eigenvalue weighted by Gasteiger charge is -2.05. The summed E-state index contributed by atoms with van der Waals surface area (Å²) in [6.07, 6.45) is 1.05. The van der Waals surface area contributed by atoms with Gasteiger partial charge < -0.3 is 9.47 Å². The Morgan fingerprint density at radius 1 is 1.36 bits per heavy atom. The second-order valence-corrected chi connectivity index (χ2v) is 3.74. The maximum absolute atomic E-state index is 5.47. The molecule has 0 heterocycles. The zero-order chi connectivity index (χ0) is 10.2. The molecule has 3 heteroatoms. The molecule has 1 rings (SSSR count). The Morgan fingerprint density at radius 2 is 2.21 bits per heavy atom. The van der Waals surface area contributed by atoms with Crippen LogP contribution in [0.15, 0.2) is 24.3 Å². The average Bonchev–Trinajstić information content (AvgIpc) is 2.25. The van der Waals surface area contributed by atoms with Crippen LogP contribution in [0.2, 0.25) is 0 Å². The average molecular weight is 259 g/mol. The topological polar surface area (TPSA) is 18.5 Å². The number of hydrogen-bond donors (Lipinski definition) is 0. The number of ether oxygens (including phenoxy) is 2. The molecule has 0 aliphatic rings. The predicted molar refractivity (Wildman–Crippen MR) is 61.1 cm³/mol. The largest absolute Gasteiger partial charge is 0.497 e. The van der Waals surface area contributed by atoms with Crippen LogP contribution in [-0.2, 0) is 11.3 Å². The summed E-state index contributed by atoms with van der Waals surface area (Å²) in [5.41, 5.74) is 1.15. The third-order valence-electron chi connectivity index (χ3n) is 1.83. The van der Waals surface area contributed by atoms with Crippen molar-refractivity contribution in [1.82, 2.24) is 0 Å². The second kappa shape index (κ2) is 6.85. The fourth-order valence-corrected chi connectivity index (χ4v) is 1.34. The molecule has 1 aromatic rings. The van der Waals surface area contributed by atoms with E-state index >= 15 is 0 Å². The van der Waals surface area contributed by atoms with E-state index in [1.54, 1.807) is 7.11 Å². The maximum Gasteiger partial charge on any atom is 0.119 e. The van der Waals surface area contributed by atoms with Gasteiger partial charge in [0.15, 0.2) is 0 Å². The van der Waals surface area contributed by atoms with Gasteiger partial charge in [0.25, 0.3) is 0 Å². The Balaban J connectivity index is 2.34. The monoisotopic (exact) mass is 258 g/mol. The predicted octanol–water partition coefficient (Wildman–Crippen LogP) is 3.00. The highest BCUT2D eigenvalue weighted by Gasteiger charge is 1.95. The van der Waals surface area contributed by atoms with E-state index < -0.39 is 0 Å². The quantitative estimate of drug-likeness (QED) is 0.577. The third-order valence-corrected chi connectivity index (χ3v) is 2.39. The Labute approximate surface area is 93.4 Å². The summed E-state index contributed by atoms with van der Waals surface area (Å²) in [5, 5.41) is 0.991. The Bertz CT molecular complexity index is 263. The Hall–Kier alpha value is -0.540. The smallest absolute Gasteiger partial charge is 0.119 e. The standard InChI is InChI=1S/C11H15BrO2/c1-13-11-5-2-4-10(8-11)9-14-7-3-6-12/h2,4-5,8H,3,6-7,9H2,1H3. The van der Waals surface area contributed by atoms with Gasteiger partial charge in [-0.05, 0) is 24.1 Å². The molecule has 0 atom stereocenters. The van der Waals surface area contributed by atoms with Gasteiger partial charge in [-0.1, -0.05) is 28.1 Å². The Kier molecular flexibility index (Phi) is 5.64. The Morgan fingerprint density at radius 3 is 2.93 bits per heavy atom. The fourth-order valence-electron chi connectivity index (χ4n) is 1.11. The zero-order valence-corrected chi connectivity index (χ0v) is 9.92. The molecule has 0 fully saturated rings. The summed E-state index contributed by atoms with van der Waals surface area (Å²) < 4.78 is 10.6. The molecule has 0 saturated heterocycles. The van der Waals surface area contributed by atoms with Crippen molar-refractivity contribution in [2.24, 2.45) is 0 Å². The van der Waals surface area contributed by atoms with Gasteiger partial charge in [0.2, 0.25) is 0 Å². The van der Waals surface area contributed by atoms with Gasteiger partial charge in [-0.3, -0.25) is 0 Å². The lowest BCUT2D eigenvalue weighted by molar-refractivity contribution is 0.122. The van der Waals surface area contributed by atoms with Gasteiger partial charge in [0, 0.05) is 11.9 Å². The first-order valence-electron chi connectivity index (χ1n) is 4.63. The second-order valence-electron chi connectivity index (χ2n) is 2.95. The molecule has 0 spiro atoms. The number of halogens is 1. The van der Waals surface area contributed by atoms with Crippen LogP contribution in [0.1, 0.15) is 12.0 Å². The molecule has 0 unspecified atom stereocenters. The summed E-state index contributed by atoms with van der Waals surface area (Å²) in [7, 11) is 1.67. The SMILES string of the molecule is COc1cccc(COCCCBr)c1. The van der Waals surface area contributed by atoms with E-state index in [9.17, 15) is 0 Å². The van der Waals surface area contributed by atoms with E-state index in [1.807, 2.05) is 24.3 Å². The van der Waals surface area contributed by atoms with Crippen molar-refractivity contribution in [1.29, 1.82) is 0 Å². The first kappa shape index (κ1) is 11.5. The van der Waals surface area contributed by atoms with E-state index in [0.717, 1.165) is 29.7 Å². The van der Waals surface area contributed by atoms with Gasteiger partial charge in [0.1, 0.15) is 5.75 Å². The first-order valence-corrected chi connectivity index (χ1v) is 5.75. The van der Waals surface area contributed by atoms with Crippen LogP contribution in [0, 0.1) is 0 Å². The van der Waals surface area contributed by atoms with E-state index in [1.165, 1.54) is 0 Å². The van der Waals surface area contributed by atoms with Crippen LogP contribution in [0.3, 0.4) is 0 Å². The number of rotatable bonds is 6. The molecule has 0 aromatic heterocycles. The van der Waals surface area contributed by atoms with E-state index in [2.05, 4.69) is 15.9 Å². The molecule has 0 bridgehead atoms. The van der Waals surface area contributed by atoms with Crippen molar-refractivity contribution in [3.05, 3.63) is 29.8 Å². The van der Waals surface area contributed by atoms with Crippen LogP contribution in [0.4, 0.5) is 0 Å². The molecular weight excluding hydrogens is 244 g/mol. The van der Waals surface area contributed by atoms with Crippen molar-refractivity contribution in [2.75, 3.05) is 19.0 Å². The highest BCUT2D eigenvalue weighted by molar-refractivity contribution is 9.09.